The Balaban J connectivity index is 1.47. The number of rotatable bonds is 13. The average molecular weight is 592 g/mol. The highest BCUT2D eigenvalue weighted by Crippen LogP contribution is 2.64. The second kappa shape index (κ2) is 12.7. The molecule has 9 nitrogen and oxygen atoms in total. The van der Waals surface area contributed by atoms with E-state index in [1.807, 2.05) is 45.9 Å². The van der Waals surface area contributed by atoms with Crippen molar-refractivity contribution in [3.63, 3.8) is 0 Å². The van der Waals surface area contributed by atoms with Gasteiger partial charge in [0.15, 0.2) is 0 Å². The topological polar surface area (TPSA) is 117 Å². The zero-order valence-electron chi connectivity index (χ0n) is 25.8. The Bertz CT molecular complexity index is 1330. The summed E-state index contributed by atoms with van der Waals surface area (Å²) < 4.78 is 12.4. The van der Waals surface area contributed by atoms with Crippen molar-refractivity contribution in [3.05, 3.63) is 53.6 Å². The Morgan fingerprint density at radius 2 is 1.67 bits per heavy atom. The Hall–Kier alpha value is -3.43. The van der Waals surface area contributed by atoms with Gasteiger partial charge in [-0.05, 0) is 88.3 Å². The average Bonchev–Trinajstić information content (AvgIpc) is 3.59. The number of aliphatic hydroxyl groups excluding tert-OH is 1. The molecule has 0 aromatic heterocycles. The fraction of sp³-hybridized carbons (Fsp3) is 0.559. The Kier molecular flexibility index (Phi) is 9.13. The number of aliphatic hydroxyl groups is 1. The summed E-state index contributed by atoms with van der Waals surface area (Å²) in [7, 11) is 0. The van der Waals surface area contributed by atoms with Crippen LogP contribution in [-0.2, 0) is 19.1 Å². The lowest BCUT2D eigenvalue weighted by Crippen LogP contribution is -2.53. The molecule has 3 N–H and O–H groups in total. The molecule has 232 valence electrons. The summed E-state index contributed by atoms with van der Waals surface area (Å²) in [4.78, 5) is 44.3. The Morgan fingerprint density at radius 1 is 0.977 bits per heavy atom. The minimum atomic E-state index is -1.08. The zero-order chi connectivity index (χ0) is 30.8. The van der Waals surface area contributed by atoms with E-state index in [0.717, 1.165) is 29.7 Å². The highest BCUT2D eigenvalue weighted by atomic mass is 16.5. The van der Waals surface area contributed by atoms with Crippen LogP contribution >= 0.6 is 0 Å². The SMILES string of the molecule is CCOc1ccc(NC(=O)[C@@H]2[C@H]3C(=O)N(CCCCCCO)C(C(=O)Nc4c(C)cccc4C)C34CC[C@@]2(CC)O4)cc1. The summed E-state index contributed by atoms with van der Waals surface area (Å²) in [5, 5.41) is 15.4. The monoisotopic (exact) mass is 591 g/mol. The number of carbonyl (C=O) groups is 3. The summed E-state index contributed by atoms with van der Waals surface area (Å²) in [6.45, 7) is 8.88. The number of benzene rings is 2. The maximum absolute atomic E-state index is 14.4. The van der Waals surface area contributed by atoms with Gasteiger partial charge in [0.2, 0.25) is 17.7 Å². The first-order valence-electron chi connectivity index (χ1n) is 15.7. The van der Waals surface area contributed by atoms with Crippen molar-refractivity contribution in [1.82, 2.24) is 4.90 Å². The normalized spacial score (nSPS) is 27.3. The fourth-order valence-corrected chi connectivity index (χ4v) is 7.63. The molecule has 2 unspecified atom stereocenters. The number of likely N-dealkylation sites (tertiary alicyclic amines) is 1. The van der Waals surface area contributed by atoms with Gasteiger partial charge in [0.05, 0.1) is 24.0 Å². The quantitative estimate of drug-likeness (QED) is 0.283. The number of aryl methyl sites for hydroxylation is 2. The Labute approximate surface area is 254 Å². The van der Waals surface area contributed by atoms with Crippen LogP contribution < -0.4 is 15.4 Å². The molecule has 3 fully saturated rings. The summed E-state index contributed by atoms with van der Waals surface area (Å²) in [5.74, 6) is -1.49. The third-order valence-electron chi connectivity index (χ3n) is 9.68. The van der Waals surface area contributed by atoms with Crippen molar-refractivity contribution >= 4 is 29.1 Å². The maximum Gasteiger partial charge on any atom is 0.250 e. The van der Waals surface area contributed by atoms with E-state index in [2.05, 4.69) is 10.6 Å². The molecule has 9 heteroatoms. The van der Waals surface area contributed by atoms with Crippen LogP contribution in [0.25, 0.3) is 0 Å². The van der Waals surface area contributed by atoms with E-state index in [1.165, 1.54) is 0 Å². The van der Waals surface area contributed by atoms with Crippen LogP contribution in [0.5, 0.6) is 5.75 Å². The maximum atomic E-state index is 14.4. The van der Waals surface area contributed by atoms with Crippen molar-refractivity contribution in [2.24, 2.45) is 11.8 Å². The van der Waals surface area contributed by atoms with Crippen LogP contribution in [0.15, 0.2) is 42.5 Å². The van der Waals surface area contributed by atoms with Crippen LogP contribution in [0.4, 0.5) is 11.4 Å². The van der Waals surface area contributed by atoms with Crippen LogP contribution in [0.3, 0.4) is 0 Å². The van der Waals surface area contributed by atoms with Gasteiger partial charge in [-0.15, -0.1) is 0 Å². The van der Waals surface area contributed by atoms with Crippen molar-refractivity contribution in [2.75, 3.05) is 30.4 Å². The van der Waals surface area contributed by atoms with E-state index in [9.17, 15) is 19.5 Å². The van der Waals surface area contributed by atoms with Gasteiger partial charge in [-0.1, -0.05) is 38.0 Å². The van der Waals surface area contributed by atoms with Gasteiger partial charge < -0.3 is 30.1 Å². The molecule has 3 aliphatic rings. The molecule has 2 bridgehead atoms. The van der Waals surface area contributed by atoms with Crippen molar-refractivity contribution in [1.29, 1.82) is 0 Å². The van der Waals surface area contributed by atoms with Gasteiger partial charge in [-0.25, -0.2) is 0 Å². The van der Waals surface area contributed by atoms with Gasteiger partial charge in [-0.2, -0.15) is 0 Å². The molecule has 3 heterocycles. The van der Waals surface area contributed by atoms with Gasteiger partial charge in [0, 0.05) is 24.5 Å². The van der Waals surface area contributed by atoms with E-state index in [1.54, 1.807) is 29.2 Å². The lowest BCUT2D eigenvalue weighted by Gasteiger charge is -2.34. The molecule has 1 spiro atoms. The second-order valence-electron chi connectivity index (χ2n) is 12.2. The molecule has 5 rings (SSSR count). The molecular weight excluding hydrogens is 546 g/mol. The highest BCUT2D eigenvalue weighted by Gasteiger charge is 2.78. The fourth-order valence-electron chi connectivity index (χ4n) is 7.63. The molecule has 0 saturated carbocycles. The first-order valence-corrected chi connectivity index (χ1v) is 15.7. The minimum Gasteiger partial charge on any atom is -0.494 e. The van der Waals surface area contributed by atoms with Crippen LogP contribution in [0.2, 0.25) is 0 Å². The van der Waals surface area contributed by atoms with Crippen molar-refractivity contribution in [3.8, 4) is 5.75 Å². The third kappa shape index (κ3) is 5.53. The number of amides is 3. The summed E-state index contributed by atoms with van der Waals surface area (Å²) in [5.41, 5.74) is 1.34. The van der Waals surface area contributed by atoms with Crippen molar-refractivity contribution < 1.29 is 29.0 Å². The van der Waals surface area contributed by atoms with E-state index >= 15 is 0 Å². The zero-order valence-corrected chi connectivity index (χ0v) is 25.8. The number of hydrogen-bond acceptors (Lipinski definition) is 6. The number of unbranched alkanes of at least 4 members (excludes halogenated alkanes) is 3. The Morgan fingerprint density at radius 3 is 2.33 bits per heavy atom. The van der Waals surface area contributed by atoms with Crippen molar-refractivity contribution in [2.45, 2.75) is 89.9 Å². The number of carbonyl (C=O) groups excluding carboxylic acids is 3. The van der Waals surface area contributed by atoms with Crippen LogP contribution in [0, 0.1) is 25.7 Å². The molecule has 3 amide bonds. The summed E-state index contributed by atoms with van der Waals surface area (Å²) in [6, 6.07) is 12.2. The molecule has 3 aliphatic heterocycles. The number of fused-ring (bicyclic) bond motifs is 1. The lowest BCUT2D eigenvalue weighted by molar-refractivity contribution is -0.144. The van der Waals surface area contributed by atoms with E-state index in [-0.39, 0.29) is 24.3 Å². The number of nitrogens with one attached hydrogen (secondary N) is 2. The van der Waals surface area contributed by atoms with Gasteiger partial charge >= 0.3 is 0 Å². The van der Waals surface area contributed by atoms with Crippen LogP contribution in [-0.4, -0.2) is 64.7 Å². The second-order valence-corrected chi connectivity index (χ2v) is 12.2. The van der Waals surface area contributed by atoms with Gasteiger partial charge in [-0.3, -0.25) is 14.4 Å². The number of anilines is 2. The lowest BCUT2D eigenvalue weighted by atomic mass is 9.65. The first kappa shape index (κ1) is 31.0. The van der Waals surface area contributed by atoms with E-state index in [0.29, 0.717) is 56.7 Å². The molecule has 3 saturated heterocycles. The number of nitrogens with zero attached hydrogens (tertiary/aromatic N) is 1. The van der Waals surface area contributed by atoms with Crippen LogP contribution in [0.1, 0.15) is 69.9 Å². The van der Waals surface area contributed by atoms with E-state index < -0.39 is 29.1 Å². The number of ether oxygens (including phenoxy) is 2. The minimum absolute atomic E-state index is 0.132. The molecule has 5 atom stereocenters. The summed E-state index contributed by atoms with van der Waals surface area (Å²) in [6.07, 6.45) is 4.77. The molecule has 0 radical (unpaired) electrons. The molecule has 2 aromatic rings. The molecule has 43 heavy (non-hydrogen) atoms. The first-order chi connectivity index (χ1) is 20.7. The van der Waals surface area contributed by atoms with Gasteiger partial charge in [0.25, 0.3) is 0 Å². The number of para-hydroxylation sites is 1. The predicted octanol–water partition coefficient (Wildman–Crippen LogP) is 4.99. The molecular formula is C34H45N3O6. The predicted molar refractivity (Wildman–Crippen MR) is 165 cm³/mol. The standard InChI is InChI=1S/C34H45N3O6/c1-5-33-18-19-34(43-33)27(26(33)30(39)35-24-14-16-25(17-15-24)42-6-2)32(41)37(20-9-7-8-10-21-38)29(34)31(40)36-28-22(3)12-11-13-23(28)4/h11-17,26-27,29,38H,5-10,18-21H2,1-4H3,(H,35,39)(H,36,40)/t26-,27-,29?,33+,34?/m0/s1. The van der Waals surface area contributed by atoms with E-state index in [4.69, 9.17) is 9.47 Å². The molecule has 0 aliphatic carbocycles. The molecule has 2 aromatic carbocycles. The third-order valence-corrected chi connectivity index (χ3v) is 9.68. The summed E-state index contributed by atoms with van der Waals surface area (Å²) >= 11 is 0. The largest absolute Gasteiger partial charge is 0.494 e. The number of hydrogen-bond donors (Lipinski definition) is 3. The van der Waals surface area contributed by atoms with Gasteiger partial charge in [0.1, 0.15) is 17.4 Å². The smallest absolute Gasteiger partial charge is 0.250 e. The highest BCUT2D eigenvalue weighted by molar-refractivity contribution is 6.05.